The Hall–Kier alpha value is -1.76. The van der Waals surface area contributed by atoms with Crippen LogP contribution in [0.5, 0.6) is 5.75 Å². The van der Waals surface area contributed by atoms with Crippen LogP contribution < -0.4 is 4.74 Å². The average molecular weight is 374 g/mol. The maximum atomic E-state index is 12.7. The molecule has 14 heteroatoms. The molecular formula is C8H2ClF6NO5S. The first-order valence-electron chi connectivity index (χ1n) is 4.73. The summed E-state index contributed by atoms with van der Waals surface area (Å²) in [6, 6.07) is -0.0634. The first kappa shape index (κ1) is 18.3. The third-order valence-corrected chi connectivity index (χ3v) is 3.41. The summed E-state index contributed by atoms with van der Waals surface area (Å²) in [7, 11) is -0.770. The molecule has 124 valence electrons. The maximum absolute atomic E-state index is 12.7. The number of nitrogens with zero attached hydrogens (tertiary/aromatic N) is 1. The average Bonchev–Trinajstić information content (AvgIpc) is 2.22. The zero-order valence-electron chi connectivity index (χ0n) is 9.70. The second kappa shape index (κ2) is 5.46. The molecule has 0 spiro atoms. The highest BCUT2D eigenvalue weighted by Crippen LogP contribution is 2.46. The number of nitro benzene ring substituents is 1. The molecule has 1 rings (SSSR count). The fourth-order valence-corrected chi connectivity index (χ4v) is 2.65. The summed E-state index contributed by atoms with van der Waals surface area (Å²) in [5, 5.41) is 10.6. The van der Waals surface area contributed by atoms with E-state index < -0.39 is 48.4 Å². The van der Waals surface area contributed by atoms with Gasteiger partial charge < -0.3 is 4.74 Å². The van der Waals surface area contributed by atoms with Gasteiger partial charge in [-0.25, -0.2) is 8.42 Å². The molecule has 0 atom stereocenters. The van der Waals surface area contributed by atoms with Crippen LogP contribution in [0.25, 0.3) is 0 Å². The highest BCUT2D eigenvalue weighted by molar-refractivity contribution is 8.13. The third kappa shape index (κ3) is 4.13. The molecular weight excluding hydrogens is 372 g/mol. The Labute approximate surface area is 121 Å². The van der Waals surface area contributed by atoms with Gasteiger partial charge in [-0.15, -0.1) is 13.2 Å². The van der Waals surface area contributed by atoms with Gasteiger partial charge in [0, 0.05) is 16.7 Å². The summed E-state index contributed by atoms with van der Waals surface area (Å²) in [5.74, 6) is -2.16. The zero-order valence-corrected chi connectivity index (χ0v) is 11.3. The lowest BCUT2D eigenvalue weighted by Crippen LogP contribution is -2.21. The molecule has 0 bridgehead atoms. The van der Waals surface area contributed by atoms with E-state index in [2.05, 4.69) is 15.4 Å². The Morgan fingerprint density at radius 3 is 1.95 bits per heavy atom. The van der Waals surface area contributed by atoms with Gasteiger partial charge in [0.1, 0.15) is 4.90 Å². The smallest absolute Gasteiger partial charge is 0.397 e. The molecule has 0 aliphatic carbocycles. The number of ether oxygens (including phenoxy) is 1. The molecule has 0 saturated heterocycles. The van der Waals surface area contributed by atoms with E-state index in [1.165, 1.54) is 0 Å². The van der Waals surface area contributed by atoms with Crippen molar-refractivity contribution in [1.82, 2.24) is 0 Å². The van der Waals surface area contributed by atoms with Gasteiger partial charge in [0.2, 0.25) is 5.75 Å². The lowest BCUT2D eigenvalue weighted by molar-refractivity contribution is -0.389. The van der Waals surface area contributed by atoms with Gasteiger partial charge in [0.15, 0.2) is 0 Å². The maximum Gasteiger partial charge on any atom is 0.573 e. The van der Waals surface area contributed by atoms with Crippen LogP contribution in [0.1, 0.15) is 5.56 Å². The molecule has 0 fully saturated rings. The lowest BCUT2D eigenvalue weighted by atomic mass is 10.2. The zero-order chi connectivity index (χ0) is 17.5. The fraction of sp³-hybridized carbons (Fsp3) is 0.250. The van der Waals surface area contributed by atoms with E-state index in [0.29, 0.717) is 0 Å². The highest BCUT2D eigenvalue weighted by Gasteiger charge is 2.45. The van der Waals surface area contributed by atoms with E-state index in [4.69, 9.17) is 0 Å². The second-order valence-corrected chi connectivity index (χ2v) is 6.03. The minimum Gasteiger partial charge on any atom is -0.397 e. The molecule has 22 heavy (non-hydrogen) atoms. The molecule has 0 N–H and O–H groups in total. The van der Waals surface area contributed by atoms with Gasteiger partial charge in [0.25, 0.3) is 9.05 Å². The molecule has 0 saturated carbocycles. The first-order chi connectivity index (χ1) is 9.64. The molecule has 0 aliphatic rings. The number of benzene rings is 1. The number of hydrogen-bond acceptors (Lipinski definition) is 5. The van der Waals surface area contributed by atoms with Crippen molar-refractivity contribution in [2.24, 2.45) is 0 Å². The van der Waals surface area contributed by atoms with Crippen LogP contribution in [0.3, 0.4) is 0 Å². The van der Waals surface area contributed by atoms with Crippen molar-refractivity contribution in [1.29, 1.82) is 0 Å². The van der Waals surface area contributed by atoms with Gasteiger partial charge in [-0.05, 0) is 6.07 Å². The fourth-order valence-electron chi connectivity index (χ4n) is 1.38. The van der Waals surface area contributed by atoms with Crippen molar-refractivity contribution in [3.8, 4) is 5.75 Å². The largest absolute Gasteiger partial charge is 0.573 e. The first-order valence-corrected chi connectivity index (χ1v) is 7.04. The summed E-state index contributed by atoms with van der Waals surface area (Å²) in [4.78, 5) is 6.85. The highest BCUT2D eigenvalue weighted by atomic mass is 35.7. The van der Waals surface area contributed by atoms with Crippen molar-refractivity contribution in [3.63, 3.8) is 0 Å². The summed E-state index contributed by atoms with van der Waals surface area (Å²) >= 11 is 0. The Balaban J connectivity index is 3.91. The minimum absolute atomic E-state index is 0.0233. The number of nitro groups is 1. The number of alkyl halides is 6. The van der Waals surface area contributed by atoms with Gasteiger partial charge in [0.05, 0.1) is 10.5 Å². The van der Waals surface area contributed by atoms with Crippen molar-refractivity contribution < 1.29 is 44.4 Å². The predicted molar refractivity (Wildman–Crippen MR) is 57.8 cm³/mol. The molecule has 0 aromatic heterocycles. The van der Waals surface area contributed by atoms with Gasteiger partial charge in [-0.2, -0.15) is 13.2 Å². The molecule has 0 amide bonds. The third-order valence-electron chi connectivity index (χ3n) is 2.06. The number of halogens is 7. The van der Waals surface area contributed by atoms with Gasteiger partial charge in [-0.1, -0.05) is 0 Å². The molecule has 0 aliphatic heterocycles. The summed E-state index contributed by atoms with van der Waals surface area (Å²) < 4.78 is 100. The van der Waals surface area contributed by atoms with Crippen LogP contribution in [0.15, 0.2) is 17.0 Å². The molecule has 0 unspecified atom stereocenters. The van der Waals surface area contributed by atoms with E-state index in [1.54, 1.807) is 0 Å². The Morgan fingerprint density at radius 2 is 1.64 bits per heavy atom. The van der Waals surface area contributed by atoms with Crippen LogP contribution >= 0.6 is 10.7 Å². The minimum atomic E-state index is -5.69. The number of hydrogen-bond donors (Lipinski definition) is 0. The molecule has 0 radical (unpaired) electrons. The summed E-state index contributed by atoms with van der Waals surface area (Å²) in [6.45, 7) is 0. The van der Waals surface area contributed by atoms with Crippen LogP contribution in [-0.4, -0.2) is 19.7 Å². The lowest BCUT2D eigenvalue weighted by Gasteiger charge is -2.16. The SMILES string of the molecule is O=[N+]([O-])c1ccc(C(F)(F)F)c(S(=O)(=O)Cl)c1OC(F)(F)F. The standard InChI is InChI=1S/C8H2ClF6NO5S/c9-22(19,20)6-3(7(10,11)12)1-2-4(16(17)18)5(6)21-8(13,14)15/h1-2H. The Morgan fingerprint density at radius 1 is 1.14 bits per heavy atom. The molecule has 0 heterocycles. The molecule has 1 aromatic carbocycles. The summed E-state index contributed by atoms with van der Waals surface area (Å²) in [5.41, 5.74) is -3.78. The van der Waals surface area contributed by atoms with E-state index in [1.807, 2.05) is 0 Å². The number of rotatable bonds is 3. The predicted octanol–water partition coefficient (Wildman–Crippen LogP) is 3.44. The normalized spacial score (nSPS) is 13.0. The van der Waals surface area contributed by atoms with E-state index in [0.717, 1.165) is 0 Å². The molecule has 6 nitrogen and oxygen atoms in total. The second-order valence-electron chi connectivity index (χ2n) is 3.53. The Bertz CT molecular complexity index is 713. The van der Waals surface area contributed by atoms with Crippen LogP contribution in [0.2, 0.25) is 0 Å². The van der Waals surface area contributed by atoms with Gasteiger partial charge >= 0.3 is 18.2 Å². The van der Waals surface area contributed by atoms with Crippen LogP contribution in [0.4, 0.5) is 32.0 Å². The van der Waals surface area contributed by atoms with E-state index in [-0.39, 0.29) is 12.1 Å². The van der Waals surface area contributed by atoms with Crippen molar-refractivity contribution in [3.05, 3.63) is 27.8 Å². The van der Waals surface area contributed by atoms with Crippen molar-refractivity contribution in [2.45, 2.75) is 17.4 Å². The van der Waals surface area contributed by atoms with E-state index >= 15 is 0 Å². The monoisotopic (exact) mass is 373 g/mol. The van der Waals surface area contributed by atoms with Gasteiger partial charge in [-0.3, -0.25) is 10.1 Å². The Kier molecular flexibility index (Phi) is 4.54. The topological polar surface area (TPSA) is 86.5 Å². The quantitative estimate of drug-likeness (QED) is 0.350. The van der Waals surface area contributed by atoms with Crippen LogP contribution in [-0.2, 0) is 15.2 Å². The molecule has 1 aromatic rings. The van der Waals surface area contributed by atoms with E-state index in [9.17, 15) is 44.9 Å². The van der Waals surface area contributed by atoms with Crippen molar-refractivity contribution >= 4 is 25.4 Å². The summed E-state index contributed by atoms with van der Waals surface area (Å²) in [6.07, 6.45) is -11.1. The van der Waals surface area contributed by atoms with Crippen LogP contribution in [0, 0.1) is 10.1 Å². The van der Waals surface area contributed by atoms with Crippen molar-refractivity contribution in [2.75, 3.05) is 0 Å².